The van der Waals surface area contributed by atoms with E-state index in [9.17, 15) is 4.79 Å². The van der Waals surface area contributed by atoms with Crippen molar-refractivity contribution in [1.29, 1.82) is 0 Å². The van der Waals surface area contributed by atoms with Crippen molar-refractivity contribution in [3.8, 4) is 5.75 Å². The van der Waals surface area contributed by atoms with Gasteiger partial charge in [-0.15, -0.1) is 0 Å². The molecule has 0 atom stereocenters. The molecule has 1 saturated heterocycles. The van der Waals surface area contributed by atoms with Crippen LogP contribution in [0.4, 0.5) is 0 Å². The van der Waals surface area contributed by atoms with Gasteiger partial charge in [-0.3, -0.25) is 14.7 Å². The van der Waals surface area contributed by atoms with Crippen LogP contribution in [0.25, 0.3) is 0 Å². The molecule has 0 unspecified atom stereocenters. The van der Waals surface area contributed by atoms with Crippen LogP contribution in [0.3, 0.4) is 0 Å². The monoisotopic (exact) mass is 293 g/mol. The highest BCUT2D eigenvalue weighted by molar-refractivity contribution is 5.66. The molecule has 0 spiro atoms. The SMILES string of the molecule is COc1cc(C)nc(CN2CCN(CCC(=O)O)CC2)c1. The molecule has 0 aromatic carbocycles. The van der Waals surface area contributed by atoms with Gasteiger partial charge in [-0.1, -0.05) is 0 Å². The number of hydrogen-bond acceptors (Lipinski definition) is 5. The van der Waals surface area contributed by atoms with Crippen LogP contribution in [-0.2, 0) is 11.3 Å². The Kier molecular flexibility index (Phi) is 5.52. The van der Waals surface area contributed by atoms with E-state index in [2.05, 4.69) is 14.8 Å². The molecule has 2 rings (SSSR count). The van der Waals surface area contributed by atoms with Gasteiger partial charge in [-0.2, -0.15) is 0 Å². The summed E-state index contributed by atoms with van der Waals surface area (Å²) in [6, 6.07) is 3.90. The number of carboxylic acid groups (broad SMARTS) is 1. The summed E-state index contributed by atoms with van der Waals surface area (Å²) in [6.45, 7) is 7.13. The predicted molar refractivity (Wildman–Crippen MR) is 79.5 cm³/mol. The molecular formula is C15H23N3O3. The Morgan fingerprint density at radius 1 is 1.29 bits per heavy atom. The lowest BCUT2D eigenvalue weighted by Crippen LogP contribution is -2.46. The lowest BCUT2D eigenvalue weighted by Gasteiger charge is -2.34. The van der Waals surface area contributed by atoms with Crippen LogP contribution >= 0.6 is 0 Å². The maximum absolute atomic E-state index is 10.6. The zero-order valence-corrected chi connectivity index (χ0v) is 12.7. The van der Waals surface area contributed by atoms with E-state index in [-0.39, 0.29) is 6.42 Å². The molecule has 1 fully saturated rings. The van der Waals surface area contributed by atoms with Crippen molar-refractivity contribution in [3.05, 3.63) is 23.5 Å². The Labute approximate surface area is 125 Å². The van der Waals surface area contributed by atoms with E-state index < -0.39 is 5.97 Å². The molecule has 0 amide bonds. The molecule has 0 bridgehead atoms. The molecule has 21 heavy (non-hydrogen) atoms. The normalized spacial score (nSPS) is 16.9. The van der Waals surface area contributed by atoms with E-state index in [1.807, 2.05) is 19.1 Å². The first kappa shape index (κ1) is 15.7. The number of ether oxygens (including phenoxy) is 1. The minimum atomic E-state index is -0.728. The summed E-state index contributed by atoms with van der Waals surface area (Å²) in [4.78, 5) is 19.7. The lowest BCUT2D eigenvalue weighted by atomic mass is 10.2. The van der Waals surface area contributed by atoms with Gasteiger partial charge in [0, 0.05) is 57.1 Å². The molecule has 1 aliphatic heterocycles. The minimum absolute atomic E-state index is 0.219. The van der Waals surface area contributed by atoms with E-state index in [1.165, 1.54) is 0 Å². The van der Waals surface area contributed by atoms with E-state index >= 15 is 0 Å². The van der Waals surface area contributed by atoms with Gasteiger partial charge >= 0.3 is 5.97 Å². The molecular weight excluding hydrogens is 270 g/mol. The molecule has 0 saturated carbocycles. The van der Waals surface area contributed by atoms with E-state index in [4.69, 9.17) is 9.84 Å². The van der Waals surface area contributed by atoms with Gasteiger partial charge in [0.15, 0.2) is 0 Å². The van der Waals surface area contributed by atoms with Crippen molar-refractivity contribution < 1.29 is 14.6 Å². The third-order valence-electron chi connectivity index (χ3n) is 3.71. The quantitative estimate of drug-likeness (QED) is 0.844. The second-order valence-electron chi connectivity index (χ2n) is 5.40. The number of piperazine rings is 1. The van der Waals surface area contributed by atoms with Gasteiger partial charge in [0.1, 0.15) is 5.75 Å². The van der Waals surface area contributed by atoms with Crippen LogP contribution < -0.4 is 4.74 Å². The van der Waals surface area contributed by atoms with Gasteiger partial charge < -0.3 is 14.7 Å². The maximum Gasteiger partial charge on any atom is 0.304 e. The molecule has 0 radical (unpaired) electrons. The average Bonchev–Trinajstić information content (AvgIpc) is 2.46. The standard InChI is InChI=1S/C15H23N3O3/c1-12-9-14(21-2)10-13(16-12)11-18-7-5-17(6-8-18)4-3-15(19)20/h9-10H,3-8,11H2,1-2H3,(H,19,20). The molecule has 1 N–H and O–H groups in total. The van der Waals surface area contributed by atoms with Crippen molar-refractivity contribution in [2.24, 2.45) is 0 Å². The minimum Gasteiger partial charge on any atom is -0.497 e. The van der Waals surface area contributed by atoms with Gasteiger partial charge in [0.25, 0.3) is 0 Å². The number of methoxy groups -OCH3 is 1. The fourth-order valence-corrected chi connectivity index (χ4v) is 2.56. The number of pyridine rings is 1. The summed E-state index contributed by atoms with van der Waals surface area (Å²) in [7, 11) is 1.67. The summed E-state index contributed by atoms with van der Waals surface area (Å²) in [5.41, 5.74) is 1.98. The summed E-state index contributed by atoms with van der Waals surface area (Å²) in [5, 5.41) is 8.71. The Morgan fingerprint density at radius 2 is 1.95 bits per heavy atom. The number of rotatable bonds is 6. The Bertz CT molecular complexity index is 485. The molecule has 6 heteroatoms. The first-order chi connectivity index (χ1) is 10.1. The highest BCUT2D eigenvalue weighted by Crippen LogP contribution is 2.15. The van der Waals surface area contributed by atoms with Crippen LogP contribution in [0.2, 0.25) is 0 Å². The Hall–Kier alpha value is -1.66. The molecule has 1 aromatic rings. The van der Waals surface area contributed by atoms with Crippen LogP contribution in [0.5, 0.6) is 5.75 Å². The van der Waals surface area contributed by atoms with Crippen LogP contribution in [0, 0.1) is 6.92 Å². The molecule has 1 aliphatic rings. The highest BCUT2D eigenvalue weighted by Gasteiger charge is 2.18. The van der Waals surface area contributed by atoms with Crippen LogP contribution in [-0.4, -0.2) is 65.7 Å². The molecule has 1 aromatic heterocycles. The largest absolute Gasteiger partial charge is 0.497 e. The van der Waals surface area contributed by atoms with Crippen molar-refractivity contribution in [2.75, 3.05) is 39.8 Å². The summed E-state index contributed by atoms with van der Waals surface area (Å²) >= 11 is 0. The summed E-state index contributed by atoms with van der Waals surface area (Å²) in [5.74, 6) is 0.117. The first-order valence-electron chi connectivity index (χ1n) is 7.25. The zero-order valence-electron chi connectivity index (χ0n) is 12.7. The number of aromatic nitrogens is 1. The lowest BCUT2D eigenvalue weighted by molar-refractivity contribution is -0.137. The zero-order chi connectivity index (χ0) is 15.2. The fraction of sp³-hybridized carbons (Fsp3) is 0.600. The van der Waals surface area contributed by atoms with Gasteiger partial charge in [-0.05, 0) is 6.92 Å². The van der Waals surface area contributed by atoms with Gasteiger partial charge in [0.05, 0.1) is 19.2 Å². The number of carbonyl (C=O) groups is 1. The number of aliphatic carboxylic acids is 1. The Morgan fingerprint density at radius 3 is 2.57 bits per heavy atom. The van der Waals surface area contributed by atoms with Crippen molar-refractivity contribution in [2.45, 2.75) is 19.9 Å². The average molecular weight is 293 g/mol. The van der Waals surface area contributed by atoms with Crippen molar-refractivity contribution in [3.63, 3.8) is 0 Å². The fourth-order valence-electron chi connectivity index (χ4n) is 2.56. The maximum atomic E-state index is 10.6. The third-order valence-corrected chi connectivity index (χ3v) is 3.71. The van der Waals surface area contributed by atoms with E-state index in [0.29, 0.717) is 6.54 Å². The van der Waals surface area contributed by atoms with Gasteiger partial charge in [-0.25, -0.2) is 0 Å². The van der Waals surface area contributed by atoms with Gasteiger partial charge in [0.2, 0.25) is 0 Å². The number of aryl methyl sites for hydroxylation is 1. The summed E-state index contributed by atoms with van der Waals surface area (Å²) in [6.07, 6.45) is 0.219. The van der Waals surface area contributed by atoms with Crippen molar-refractivity contribution in [1.82, 2.24) is 14.8 Å². The third kappa shape index (κ3) is 4.99. The predicted octanol–water partition coefficient (Wildman–Crippen LogP) is 0.991. The second-order valence-corrected chi connectivity index (χ2v) is 5.40. The second kappa shape index (κ2) is 7.38. The van der Waals surface area contributed by atoms with E-state index in [0.717, 1.165) is 49.9 Å². The topological polar surface area (TPSA) is 65.9 Å². The van der Waals surface area contributed by atoms with Crippen LogP contribution in [0.1, 0.15) is 17.8 Å². The Balaban J connectivity index is 1.83. The molecule has 116 valence electrons. The number of hydrogen-bond donors (Lipinski definition) is 1. The number of nitrogens with zero attached hydrogens (tertiary/aromatic N) is 3. The van der Waals surface area contributed by atoms with Crippen molar-refractivity contribution >= 4 is 5.97 Å². The van der Waals surface area contributed by atoms with E-state index in [1.54, 1.807) is 7.11 Å². The molecule has 0 aliphatic carbocycles. The first-order valence-corrected chi connectivity index (χ1v) is 7.25. The highest BCUT2D eigenvalue weighted by atomic mass is 16.5. The molecule has 2 heterocycles. The van der Waals surface area contributed by atoms with Crippen LogP contribution in [0.15, 0.2) is 12.1 Å². The molecule has 6 nitrogen and oxygen atoms in total. The summed E-state index contributed by atoms with van der Waals surface area (Å²) < 4.78 is 5.27. The smallest absolute Gasteiger partial charge is 0.304 e. The number of carboxylic acids is 1.